The summed E-state index contributed by atoms with van der Waals surface area (Å²) >= 11 is 6.30. The molecule has 3 aromatic rings. The van der Waals surface area contributed by atoms with Crippen LogP contribution in [0.1, 0.15) is 0 Å². The van der Waals surface area contributed by atoms with E-state index in [2.05, 4.69) is 51.1 Å². The third-order valence-corrected chi connectivity index (χ3v) is 5.18. The highest BCUT2D eigenvalue weighted by Crippen LogP contribution is 2.29. The molecule has 0 radical (unpaired) electrons. The third-order valence-electron chi connectivity index (χ3n) is 4.85. The lowest BCUT2D eigenvalue weighted by Crippen LogP contribution is -2.44. The molecule has 5 heteroatoms. The van der Waals surface area contributed by atoms with Crippen LogP contribution in [0.5, 0.6) is 0 Å². The summed E-state index contributed by atoms with van der Waals surface area (Å²) in [6.45, 7) is 4.35. The van der Waals surface area contributed by atoms with Gasteiger partial charge in [0.15, 0.2) is 0 Å². The van der Waals surface area contributed by atoms with Crippen LogP contribution in [-0.2, 0) is 0 Å². The number of likely N-dealkylation sites (N-methyl/N-ethyl adjacent to an activating group) is 1. The predicted molar refractivity (Wildman–Crippen MR) is 108 cm³/mol. The zero-order chi connectivity index (χ0) is 17.9. The normalized spacial score (nSPS) is 15.2. The number of nitrogens with zero attached hydrogens (tertiary/aromatic N) is 4. The van der Waals surface area contributed by atoms with Crippen molar-refractivity contribution in [1.82, 2.24) is 14.9 Å². The van der Waals surface area contributed by atoms with Crippen molar-refractivity contribution in [2.45, 2.75) is 0 Å². The molecule has 0 aliphatic carbocycles. The van der Waals surface area contributed by atoms with Gasteiger partial charge in [-0.15, -0.1) is 0 Å². The van der Waals surface area contributed by atoms with E-state index in [9.17, 15) is 0 Å². The standard InChI is InChI=1S/C21H21ClN4/c1-25-10-12-26(13-11-25)17-8-6-16(7-9-17)20-14-21(24-15-23-20)18-4-2-3-5-19(18)22/h2-9,14-15H,10-13H2,1H3. The lowest BCUT2D eigenvalue weighted by atomic mass is 10.1. The molecule has 1 aliphatic rings. The molecule has 1 fully saturated rings. The number of hydrogen-bond acceptors (Lipinski definition) is 4. The van der Waals surface area contributed by atoms with Gasteiger partial charge in [0, 0.05) is 48.0 Å². The molecular formula is C21H21ClN4. The predicted octanol–water partition coefficient (Wildman–Crippen LogP) is 4.22. The molecular weight excluding hydrogens is 344 g/mol. The molecule has 2 heterocycles. The molecule has 1 saturated heterocycles. The summed E-state index contributed by atoms with van der Waals surface area (Å²) in [6.07, 6.45) is 1.60. The van der Waals surface area contributed by atoms with Crippen molar-refractivity contribution in [2.24, 2.45) is 0 Å². The van der Waals surface area contributed by atoms with Crippen molar-refractivity contribution in [2.75, 3.05) is 38.1 Å². The van der Waals surface area contributed by atoms with E-state index in [0.717, 1.165) is 48.7 Å². The summed E-state index contributed by atoms with van der Waals surface area (Å²) < 4.78 is 0. The summed E-state index contributed by atoms with van der Waals surface area (Å²) in [4.78, 5) is 13.6. The van der Waals surface area contributed by atoms with Crippen molar-refractivity contribution < 1.29 is 0 Å². The molecule has 0 atom stereocenters. The summed E-state index contributed by atoms with van der Waals surface area (Å²) in [5, 5.41) is 0.697. The van der Waals surface area contributed by atoms with Crippen LogP contribution in [0.4, 0.5) is 5.69 Å². The maximum absolute atomic E-state index is 6.30. The molecule has 0 amide bonds. The first kappa shape index (κ1) is 17.0. The van der Waals surface area contributed by atoms with Gasteiger partial charge in [-0.05, 0) is 31.3 Å². The maximum atomic E-state index is 6.30. The monoisotopic (exact) mass is 364 g/mol. The number of rotatable bonds is 3. The molecule has 0 saturated carbocycles. The van der Waals surface area contributed by atoms with Gasteiger partial charge in [-0.2, -0.15) is 0 Å². The van der Waals surface area contributed by atoms with Crippen LogP contribution in [0.2, 0.25) is 5.02 Å². The van der Waals surface area contributed by atoms with Gasteiger partial charge in [0.2, 0.25) is 0 Å². The van der Waals surface area contributed by atoms with E-state index >= 15 is 0 Å². The van der Waals surface area contributed by atoms with E-state index in [1.165, 1.54) is 5.69 Å². The molecule has 0 bridgehead atoms. The molecule has 2 aromatic carbocycles. The summed E-state index contributed by atoms with van der Waals surface area (Å²) in [7, 11) is 2.17. The minimum atomic E-state index is 0.697. The Morgan fingerprint density at radius 2 is 1.54 bits per heavy atom. The van der Waals surface area contributed by atoms with Crippen molar-refractivity contribution in [3.05, 3.63) is 65.9 Å². The van der Waals surface area contributed by atoms with Crippen LogP contribution < -0.4 is 4.90 Å². The Morgan fingerprint density at radius 3 is 2.27 bits per heavy atom. The topological polar surface area (TPSA) is 32.3 Å². The Hall–Kier alpha value is -2.43. The van der Waals surface area contributed by atoms with E-state index < -0.39 is 0 Å². The van der Waals surface area contributed by atoms with Gasteiger partial charge in [0.1, 0.15) is 6.33 Å². The van der Waals surface area contributed by atoms with Gasteiger partial charge in [-0.25, -0.2) is 9.97 Å². The molecule has 26 heavy (non-hydrogen) atoms. The molecule has 132 valence electrons. The molecule has 0 unspecified atom stereocenters. The minimum Gasteiger partial charge on any atom is -0.369 e. The number of anilines is 1. The van der Waals surface area contributed by atoms with Crippen molar-refractivity contribution in [1.29, 1.82) is 0 Å². The van der Waals surface area contributed by atoms with E-state index in [-0.39, 0.29) is 0 Å². The second kappa shape index (κ2) is 7.44. The summed E-state index contributed by atoms with van der Waals surface area (Å²) in [5.74, 6) is 0. The Labute approximate surface area is 159 Å². The molecule has 0 spiro atoms. The molecule has 4 nitrogen and oxygen atoms in total. The van der Waals surface area contributed by atoms with E-state index in [1.54, 1.807) is 6.33 Å². The average molecular weight is 365 g/mol. The Bertz CT molecular complexity index is 887. The molecule has 1 aromatic heterocycles. The highest BCUT2D eigenvalue weighted by Gasteiger charge is 2.14. The summed E-state index contributed by atoms with van der Waals surface area (Å²) in [5.41, 5.74) is 5.01. The Kier molecular flexibility index (Phi) is 4.87. The van der Waals surface area contributed by atoms with Gasteiger partial charge in [-0.1, -0.05) is 41.9 Å². The molecule has 0 N–H and O–H groups in total. The molecule has 4 rings (SSSR count). The largest absolute Gasteiger partial charge is 0.369 e. The third kappa shape index (κ3) is 3.57. The number of hydrogen-bond donors (Lipinski definition) is 0. The van der Waals surface area contributed by atoms with Crippen molar-refractivity contribution in [3.8, 4) is 22.5 Å². The van der Waals surface area contributed by atoms with E-state index in [0.29, 0.717) is 5.02 Å². The van der Waals surface area contributed by atoms with Crippen LogP contribution in [0.3, 0.4) is 0 Å². The first-order valence-corrected chi connectivity index (χ1v) is 9.19. The number of piperazine rings is 1. The SMILES string of the molecule is CN1CCN(c2ccc(-c3cc(-c4ccccc4Cl)ncn3)cc2)CC1. The fourth-order valence-electron chi connectivity index (χ4n) is 3.24. The van der Waals surface area contributed by atoms with Gasteiger partial charge in [-0.3, -0.25) is 0 Å². The van der Waals surface area contributed by atoms with Gasteiger partial charge < -0.3 is 9.80 Å². The van der Waals surface area contributed by atoms with E-state index in [4.69, 9.17) is 11.6 Å². The Balaban J connectivity index is 1.58. The van der Waals surface area contributed by atoms with Crippen LogP contribution in [0.15, 0.2) is 60.9 Å². The van der Waals surface area contributed by atoms with Gasteiger partial charge in [0.05, 0.1) is 11.4 Å². The highest BCUT2D eigenvalue weighted by atomic mass is 35.5. The zero-order valence-corrected chi connectivity index (χ0v) is 15.5. The first-order valence-electron chi connectivity index (χ1n) is 8.81. The number of benzene rings is 2. The summed E-state index contributed by atoms with van der Waals surface area (Å²) in [6, 6.07) is 18.4. The number of halogens is 1. The smallest absolute Gasteiger partial charge is 0.116 e. The minimum absolute atomic E-state index is 0.697. The van der Waals surface area contributed by atoms with Crippen LogP contribution in [0, 0.1) is 0 Å². The van der Waals surface area contributed by atoms with Crippen LogP contribution in [-0.4, -0.2) is 48.1 Å². The first-order chi connectivity index (χ1) is 12.7. The molecule has 1 aliphatic heterocycles. The van der Waals surface area contributed by atoms with E-state index in [1.807, 2.05) is 30.3 Å². The fraction of sp³-hybridized carbons (Fsp3) is 0.238. The quantitative estimate of drug-likeness (QED) is 0.696. The van der Waals surface area contributed by atoms with Gasteiger partial charge >= 0.3 is 0 Å². The zero-order valence-electron chi connectivity index (χ0n) is 14.8. The lowest BCUT2D eigenvalue weighted by Gasteiger charge is -2.34. The lowest BCUT2D eigenvalue weighted by molar-refractivity contribution is 0.313. The highest BCUT2D eigenvalue weighted by molar-refractivity contribution is 6.33. The average Bonchev–Trinajstić information content (AvgIpc) is 2.69. The van der Waals surface area contributed by atoms with Crippen molar-refractivity contribution >= 4 is 17.3 Å². The second-order valence-electron chi connectivity index (χ2n) is 6.61. The fourth-order valence-corrected chi connectivity index (χ4v) is 3.47. The van der Waals surface area contributed by atoms with Crippen LogP contribution in [0.25, 0.3) is 22.5 Å². The maximum Gasteiger partial charge on any atom is 0.116 e. The Morgan fingerprint density at radius 1 is 0.846 bits per heavy atom. The number of aromatic nitrogens is 2. The second-order valence-corrected chi connectivity index (χ2v) is 7.01. The van der Waals surface area contributed by atoms with Crippen molar-refractivity contribution in [3.63, 3.8) is 0 Å². The van der Waals surface area contributed by atoms with Gasteiger partial charge in [0.25, 0.3) is 0 Å². The van der Waals surface area contributed by atoms with Crippen LogP contribution >= 0.6 is 11.6 Å².